The van der Waals surface area contributed by atoms with E-state index in [0.717, 1.165) is 48.4 Å². The number of nitrogens with zero attached hydrogens (tertiary/aromatic N) is 3. The Morgan fingerprint density at radius 1 is 0.821 bits per heavy atom. The van der Waals surface area contributed by atoms with Gasteiger partial charge in [0.25, 0.3) is 10.0 Å². The van der Waals surface area contributed by atoms with Gasteiger partial charge >= 0.3 is 0 Å². The van der Waals surface area contributed by atoms with E-state index in [9.17, 15) is 8.42 Å². The Kier molecular flexibility index (Phi) is 4.75. The molecule has 28 heavy (non-hydrogen) atoms. The number of benzene rings is 2. The Morgan fingerprint density at radius 3 is 2.11 bits per heavy atom. The van der Waals surface area contributed by atoms with Gasteiger partial charge in [-0.25, -0.2) is 0 Å². The lowest BCUT2D eigenvalue weighted by Gasteiger charge is -2.37. The Balaban J connectivity index is 1.59. The first-order valence-electron chi connectivity index (χ1n) is 9.55. The lowest BCUT2D eigenvalue weighted by Crippen LogP contribution is -2.48. The molecule has 0 spiro atoms. The summed E-state index contributed by atoms with van der Waals surface area (Å²) in [5, 5.41) is 0. The molecule has 1 fully saturated rings. The van der Waals surface area contributed by atoms with Crippen molar-refractivity contribution in [3.05, 3.63) is 70.8 Å². The number of rotatable bonds is 2. The number of piperazine rings is 1. The summed E-state index contributed by atoms with van der Waals surface area (Å²) in [6.07, 6.45) is 0. The summed E-state index contributed by atoms with van der Waals surface area (Å²) in [4.78, 5) is 4.76. The van der Waals surface area contributed by atoms with Crippen molar-refractivity contribution in [2.45, 2.75) is 20.8 Å². The molecule has 146 valence electrons. The van der Waals surface area contributed by atoms with E-state index < -0.39 is 10.0 Å². The highest BCUT2D eigenvalue weighted by molar-refractivity contribution is 8.00. The summed E-state index contributed by atoms with van der Waals surface area (Å²) in [5.41, 5.74) is 4.90. The van der Waals surface area contributed by atoms with Crippen LogP contribution in [0.4, 0.5) is 5.69 Å². The van der Waals surface area contributed by atoms with Crippen molar-refractivity contribution in [1.82, 2.24) is 4.90 Å². The quantitative estimate of drug-likeness (QED) is 0.780. The van der Waals surface area contributed by atoms with Crippen LogP contribution >= 0.6 is 0 Å². The molecule has 0 N–H and O–H groups in total. The summed E-state index contributed by atoms with van der Waals surface area (Å²) < 4.78 is 29.8. The molecule has 4 rings (SSSR count). The van der Waals surface area contributed by atoms with Gasteiger partial charge in [0.2, 0.25) is 0 Å². The van der Waals surface area contributed by atoms with Crippen molar-refractivity contribution in [3.63, 3.8) is 0 Å². The second-order valence-electron chi connectivity index (χ2n) is 7.45. The molecule has 2 aliphatic rings. The number of anilines is 1. The monoisotopic (exact) mass is 395 g/mol. The Morgan fingerprint density at radius 2 is 1.46 bits per heavy atom. The summed E-state index contributed by atoms with van der Waals surface area (Å²) in [7, 11) is -3.67. The van der Waals surface area contributed by atoms with Gasteiger partial charge in [-0.3, -0.25) is 0 Å². The van der Waals surface area contributed by atoms with Crippen molar-refractivity contribution in [2.75, 3.05) is 31.1 Å². The molecule has 2 aromatic carbocycles. The molecule has 0 radical (unpaired) electrons. The predicted octanol–water partition coefficient (Wildman–Crippen LogP) is 3.60. The molecule has 2 heterocycles. The van der Waals surface area contributed by atoms with Crippen LogP contribution in [0.2, 0.25) is 0 Å². The Labute approximate surface area is 167 Å². The van der Waals surface area contributed by atoms with E-state index >= 15 is 0 Å². The number of aryl methyl sites for hydroxylation is 2. The fourth-order valence-corrected chi connectivity index (χ4v) is 5.36. The predicted molar refractivity (Wildman–Crippen MR) is 115 cm³/mol. The van der Waals surface area contributed by atoms with Crippen LogP contribution in [-0.2, 0) is 10.0 Å². The van der Waals surface area contributed by atoms with E-state index in [4.69, 9.17) is 0 Å². The third kappa shape index (κ3) is 3.33. The van der Waals surface area contributed by atoms with Gasteiger partial charge in [-0.2, -0.15) is 8.42 Å². The first kappa shape index (κ1) is 18.7. The zero-order valence-corrected chi connectivity index (χ0v) is 17.3. The third-order valence-electron chi connectivity index (χ3n) is 5.61. The maximum absolute atomic E-state index is 12.8. The summed E-state index contributed by atoms with van der Waals surface area (Å²) in [6, 6.07) is 16.1. The standard InChI is InChI=1S/C22H25N3O2S/c1-16-9-10-19(15-17(16)2)21-18(3)22(23-28(21,26)27)25-13-11-24(12-14-25)20-7-5-4-6-8-20/h4-10,15H,11-14H2,1-3H3. The molecule has 0 bridgehead atoms. The van der Waals surface area contributed by atoms with E-state index in [-0.39, 0.29) is 0 Å². The van der Waals surface area contributed by atoms with Crippen LogP contribution in [0.3, 0.4) is 0 Å². The fourth-order valence-electron chi connectivity index (χ4n) is 3.88. The minimum absolute atomic E-state index is 0.344. The van der Waals surface area contributed by atoms with Gasteiger partial charge in [-0.1, -0.05) is 36.4 Å². The zero-order valence-electron chi connectivity index (χ0n) is 16.5. The molecule has 5 nitrogen and oxygen atoms in total. The molecule has 0 aromatic heterocycles. The summed E-state index contributed by atoms with van der Waals surface area (Å²) in [5.74, 6) is 0.598. The topological polar surface area (TPSA) is 53.0 Å². The van der Waals surface area contributed by atoms with Gasteiger partial charge in [-0.05, 0) is 49.6 Å². The van der Waals surface area contributed by atoms with Crippen LogP contribution in [0.1, 0.15) is 23.6 Å². The third-order valence-corrected chi connectivity index (χ3v) is 7.08. The van der Waals surface area contributed by atoms with Gasteiger partial charge in [0, 0.05) is 37.4 Å². The average Bonchev–Trinajstić information content (AvgIpc) is 2.94. The zero-order chi connectivity index (χ0) is 19.9. The van der Waals surface area contributed by atoms with Crippen LogP contribution in [0.15, 0.2) is 58.5 Å². The first-order chi connectivity index (χ1) is 13.4. The molecular weight excluding hydrogens is 370 g/mol. The molecule has 0 atom stereocenters. The molecule has 1 saturated heterocycles. The van der Waals surface area contributed by atoms with Gasteiger partial charge in [0.15, 0.2) is 0 Å². The highest BCUT2D eigenvalue weighted by atomic mass is 32.2. The Bertz CT molecular complexity index is 1060. The van der Waals surface area contributed by atoms with Crippen LogP contribution in [-0.4, -0.2) is 45.3 Å². The summed E-state index contributed by atoms with van der Waals surface area (Å²) >= 11 is 0. The van der Waals surface area contributed by atoms with E-state index in [1.54, 1.807) is 0 Å². The maximum atomic E-state index is 12.8. The van der Waals surface area contributed by atoms with E-state index in [1.165, 1.54) is 5.69 Å². The molecule has 0 amide bonds. The Hall–Kier alpha value is -2.60. The van der Waals surface area contributed by atoms with Crippen LogP contribution in [0, 0.1) is 13.8 Å². The fraction of sp³-hybridized carbons (Fsp3) is 0.318. The van der Waals surface area contributed by atoms with Gasteiger partial charge in [0.1, 0.15) is 10.7 Å². The second kappa shape index (κ2) is 7.09. The smallest absolute Gasteiger partial charge is 0.285 e. The first-order valence-corrected chi connectivity index (χ1v) is 11.0. The summed E-state index contributed by atoms with van der Waals surface area (Å²) in [6.45, 7) is 9.09. The van der Waals surface area contributed by atoms with Crippen molar-refractivity contribution >= 4 is 26.5 Å². The second-order valence-corrected chi connectivity index (χ2v) is 8.99. The molecular formula is C22H25N3O2S. The van der Waals surface area contributed by atoms with Crippen LogP contribution in [0.5, 0.6) is 0 Å². The van der Waals surface area contributed by atoms with E-state index in [0.29, 0.717) is 10.7 Å². The van der Waals surface area contributed by atoms with Gasteiger partial charge in [-0.15, -0.1) is 4.40 Å². The normalized spacial score (nSPS) is 19.2. The number of hydrogen-bond donors (Lipinski definition) is 0. The van der Waals surface area contributed by atoms with E-state index in [1.807, 2.05) is 57.2 Å². The highest BCUT2D eigenvalue weighted by Crippen LogP contribution is 2.34. The molecule has 0 aliphatic carbocycles. The molecule has 0 unspecified atom stereocenters. The lowest BCUT2D eigenvalue weighted by molar-refractivity contribution is 0.387. The van der Waals surface area contributed by atoms with Crippen LogP contribution in [0.25, 0.3) is 4.91 Å². The minimum atomic E-state index is -3.67. The molecule has 6 heteroatoms. The van der Waals surface area contributed by atoms with Crippen molar-refractivity contribution in [2.24, 2.45) is 4.40 Å². The molecule has 2 aliphatic heterocycles. The number of hydrogen-bond acceptors (Lipinski definition) is 4. The van der Waals surface area contributed by atoms with Crippen molar-refractivity contribution < 1.29 is 8.42 Å². The van der Waals surface area contributed by atoms with Crippen molar-refractivity contribution in [3.8, 4) is 0 Å². The van der Waals surface area contributed by atoms with Gasteiger partial charge < -0.3 is 9.80 Å². The average molecular weight is 396 g/mol. The lowest BCUT2D eigenvalue weighted by atomic mass is 10.0. The SMILES string of the molecule is CC1=C(c2ccc(C)c(C)c2)S(=O)(=O)N=C1N1CCN(c2ccccc2)CC1. The number of amidine groups is 1. The largest absolute Gasteiger partial charge is 0.368 e. The van der Waals surface area contributed by atoms with E-state index in [2.05, 4.69) is 26.3 Å². The molecule has 2 aromatic rings. The minimum Gasteiger partial charge on any atom is -0.368 e. The van der Waals surface area contributed by atoms with Crippen LogP contribution < -0.4 is 4.90 Å². The number of para-hydroxylation sites is 1. The maximum Gasteiger partial charge on any atom is 0.285 e. The number of sulfonamides is 1. The van der Waals surface area contributed by atoms with Gasteiger partial charge in [0.05, 0.1) is 0 Å². The molecule has 0 saturated carbocycles. The highest BCUT2D eigenvalue weighted by Gasteiger charge is 2.34. The van der Waals surface area contributed by atoms with Crippen molar-refractivity contribution in [1.29, 1.82) is 0 Å².